The quantitative estimate of drug-likeness (QED) is 0.329. The van der Waals surface area contributed by atoms with Crippen molar-refractivity contribution >= 4 is 11.5 Å². The van der Waals surface area contributed by atoms with Gasteiger partial charge in [0.25, 0.3) is 0 Å². The average Bonchev–Trinajstić information content (AvgIpc) is 1.69. The van der Waals surface area contributed by atoms with E-state index in [1.54, 1.807) is 6.92 Å². The van der Waals surface area contributed by atoms with Gasteiger partial charge in [0.2, 0.25) is 0 Å². The van der Waals surface area contributed by atoms with E-state index in [1.807, 2.05) is 0 Å². The second kappa shape index (κ2) is 3.18. The maximum atomic E-state index is 10.3. The highest BCUT2D eigenvalue weighted by molar-refractivity contribution is 6.38. The molecule has 0 heterocycles. The second-order valence-electron chi connectivity index (χ2n) is 1.46. The molecule has 0 aromatic rings. The minimum atomic E-state index is -0.171. The molecule has 0 atom stereocenters. The molecule has 0 bridgehead atoms. The third-order valence-electron chi connectivity index (χ3n) is 0.862. The van der Waals surface area contributed by atoms with Crippen molar-refractivity contribution in [2.45, 2.75) is 20.3 Å². The van der Waals surface area contributed by atoms with E-state index < -0.39 is 0 Å². The van der Waals surface area contributed by atoms with E-state index in [1.165, 1.54) is 6.92 Å². The Labute approximate surface area is 48.0 Å². The van der Waals surface area contributed by atoms with E-state index in [4.69, 9.17) is 5.21 Å². The lowest BCUT2D eigenvalue weighted by Gasteiger charge is -1.89. The van der Waals surface area contributed by atoms with E-state index in [-0.39, 0.29) is 11.5 Å². The van der Waals surface area contributed by atoms with Gasteiger partial charge in [0.1, 0.15) is 5.71 Å². The van der Waals surface area contributed by atoms with Gasteiger partial charge in [-0.05, 0) is 6.42 Å². The highest BCUT2D eigenvalue weighted by atomic mass is 16.4. The Morgan fingerprint density at radius 1 is 1.75 bits per heavy atom. The van der Waals surface area contributed by atoms with Crippen LogP contribution in [0, 0.1) is 0 Å². The zero-order valence-electron chi connectivity index (χ0n) is 5.01. The molecule has 0 aliphatic rings. The summed E-state index contributed by atoms with van der Waals surface area (Å²) >= 11 is 0. The molecule has 0 unspecified atom stereocenters. The van der Waals surface area contributed by atoms with Crippen LogP contribution < -0.4 is 0 Å². The van der Waals surface area contributed by atoms with Crippen molar-refractivity contribution < 1.29 is 10.0 Å². The van der Waals surface area contributed by atoms with Gasteiger partial charge in [-0.25, -0.2) is 0 Å². The molecule has 0 saturated heterocycles. The largest absolute Gasteiger partial charge is 0.411 e. The lowest BCUT2D eigenvalue weighted by Crippen LogP contribution is -2.07. The maximum absolute atomic E-state index is 10.3. The van der Waals surface area contributed by atoms with Crippen molar-refractivity contribution in [3.05, 3.63) is 0 Å². The molecule has 3 heteroatoms. The maximum Gasteiger partial charge on any atom is 0.177 e. The van der Waals surface area contributed by atoms with Crippen LogP contribution in [-0.2, 0) is 4.79 Å². The smallest absolute Gasteiger partial charge is 0.177 e. The van der Waals surface area contributed by atoms with Crippen molar-refractivity contribution in [2.24, 2.45) is 5.16 Å². The Balaban J connectivity index is 3.92. The number of Topliss-reactive ketones (excluding diaryl/α,β-unsaturated/α-hetero) is 1. The third-order valence-corrected chi connectivity index (χ3v) is 0.862. The average molecular weight is 115 g/mol. The molecule has 3 nitrogen and oxygen atoms in total. The van der Waals surface area contributed by atoms with Crippen LogP contribution in [0.15, 0.2) is 5.16 Å². The Morgan fingerprint density at radius 3 is 2.25 bits per heavy atom. The van der Waals surface area contributed by atoms with Gasteiger partial charge < -0.3 is 5.21 Å². The van der Waals surface area contributed by atoms with Crippen LogP contribution in [0.4, 0.5) is 0 Å². The number of carbonyl (C=O) groups excluding carboxylic acids is 1. The summed E-state index contributed by atoms with van der Waals surface area (Å²) in [5, 5.41) is 10.8. The predicted octanol–water partition coefficient (Wildman–Crippen LogP) is 0.816. The van der Waals surface area contributed by atoms with Gasteiger partial charge in [-0.2, -0.15) is 0 Å². The zero-order valence-corrected chi connectivity index (χ0v) is 5.01. The number of rotatable bonds is 2. The van der Waals surface area contributed by atoms with Crippen molar-refractivity contribution in [2.75, 3.05) is 0 Å². The fourth-order valence-electron chi connectivity index (χ4n) is 0.390. The zero-order chi connectivity index (χ0) is 6.57. The van der Waals surface area contributed by atoms with Gasteiger partial charge in [-0.15, -0.1) is 0 Å². The first kappa shape index (κ1) is 7.14. The lowest BCUT2D eigenvalue weighted by atomic mass is 10.2. The Hall–Kier alpha value is -0.860. The van der Waals surface area contributed by atoms with Crippen LogP contribution in [0.5, 0.6) is 0 Å². The SMILES string of the molecule is CC/C(=N/O)C(C)=O. The molecule has 0 rings (SSSR count). The number of hydrogen-bond acceptors (Lipinski definition) is 3. The standard InChI is InChI=1S/C5H9NO2/c1-3-5(6-8)4(2)7/h8H,3H2,1-2H3/b6-5-. The fraction of sp³-hybridized carbons (Fsp3) is 0.600. The van der Waals surface area contributed by atoms with Crippen LogP contribution in [0.2, 0.25) is 0 Å². The third kappa shape index (κ3) is 1.73. The molecule has 0 aromatic carbocycles. The van der Waals surface area contributed by atoms with Crippen molar-refractivity contribution in [3.8, 4) is 0 Å². The molecule has 1 N–H and O–H groups in total. The van der Waals surface area contributed by atoms with E-state index in [2.05, 4.69) is 5.16 Å². The highest BCUT2D eigenvalue weighted by Gasteiger charge is 2.00. The first-order valence-electron chi connectivity index (χ1n) is 2.44. The van der Waals surface area contributed by atoms with E-state index in [9.17, 15) is 4.79 Å². The Bertz CT molecular complexity index is 118. The molecule has 46 valence electrons. The summed E-state index contributed by atoms with van der Waals surface area (Å²) in [6, 6.07) is 0. The minimum Gasteiger partial charge on any atom is -0.411 e. The molecular weight excluding hydrogens is 106 g/mol. The van der Waals surface area contributed by atoms with Crippen molar-refractivity contribution in [1.29, 1.82) is 0 Å². The van der Waals surface area contributed by atoms with Crippen LogP contribution in [0.3, 0.4) is 0 Å². The van der Waals surface area contributed by atoms with Crippen LogP contribution >= 0.6 is 0 Å². The molecule has 0 amide bonds. The Morgan fingerprint density at radius 2 is 2.25 bits per heavy atom. The molecule has 0 radical (unpaired) electrons. The number of carbonyl (C=O) groups is 1. The molecular formula is C5H9NO2. The van der Waals surface area contributed by atoms with Crippen LogP contribution in [0.1, 0.15) is 20.3 Å². The molecule has 0 spiro atoms. The molecule has 0 aromatic heterocycles. The van der Waals surface area contributed by atoms with Crippen LogP contribution in [-0.4, -0.2) is 16.7 Å². The summed E-state index contributed by atoms with van der Waals surface area (Å²) in [5.41, 5.74) is 0.227. The molecule has 0 aliphatic carbocycles. The second-order valence-corrected chi connectivity index (χ2v) is 1.46. The monoisotopic (exact) mass is 115 g/mol. The van der Waals surface area contributed by atoms with E-state index in [0.29, 0.717) is 6.42 Å². The van der Waals surface area contributed by atoms with E-state index >= 15 is 0 Å². The summed E-state index contributed by atoms with van der Waals surface area (Å²) in [4.78, 5) is 10.3. The highest BCUT2D eigenvalue weighted by Crippen LogP contribution is 1.84. The number of oxime groups is 1. The summed E-state index contributed by atoms with van der Waals surface area (Å²) < 4.78 is 0. The van der Waals surface area contributed by atoms with Gasteiger partial charge in [0, 0.05) is 6.92 Å². The topological polar surface area (TPSA) is 49.7 Å². The van der Waals surface area contributed by atoms with E-state index in [0.717, 1.165) is 0 Å². The lowest BCUT2D eigenvalue weighted by molar-refractivity contribution is -0.111. The van der Waals surface area contributed by atoms with Crippen molar-refractivity contribution in [1.82, 2.24) is 0 Å². The van der Waals surface area contributed by atoms with Gasteiger partial charge in [-0.1, -0.05) is 12.1 Å². The van der Waals surface area contributed by atoms with Crippen molar-refractivity contribution in [3.63, 3.8) is 0 Å². The molecule has 0 saturated carbocycles. The summed E-state index contributed by atoms with van der Waals surface area (Å²) in [6.07, 6.45) is 0.492. The molecule has 0 aliphatic heterocycles. The first-order valence-corrected chi connectivity index (χ1v) is 2.44. The summed E-state index contributed by atoms with van der Waals surface area (Å²) in [6.45, 7) is 3.13. The number of nitrogens with zero attached hydrogens (tertiary/aromatic N) is 1. The summed E-state index contributed by atoms with van der Waals surface area (Å²) in [7, 11) is 0. The predicted molar refractivity (Wildman–Crippen MR) is 30.2 cm³/mol. The molecule has 8 heavy (non-hydrogen) atoms. The van der Waals surface area contributed by atoms with Gasteiger partial charge in [0.15, 0.2) is 5.78 Å². The summed E-state index contributed by atoms with van der Waals surface area (Å²) in [5.74, 6) is -0.171. The normalized spacial score (nSPS) is 11.5. The van der Waals surface area contributed by atoms with Gasteiger partial charge in [-0.3, -0.25) is 4.79 Å². The molecule has 0 fully saturated rings. The fourth-order valence-corrected chi connectivity index (χ4v) is 0.390. The Kier molecular flexibility index (Phi) is 2.84. The van der Waals surface area contributed by atoms with Crippen LogP contribution in [0.25, 0.3) is 0 Å². The number of ketones is 1. The first-order chi connectivity index (χ1) is 3.72. The van der Waals surface area contributed by atoms with Gasteiger partial charge in [0.05, 0.1) is 0 Å². The minimum absolute atomic E-state index is 0.171. The number of hydrogen-bond donors (Lipinski definition) is 1. The van der Waals surface area contributed by atoms with Gasteiger partial charge >= 0.3 is 0 Å².